The van der Waals surface area contributed by atoms with Gasteiger partial charge in [-0.3, -0.25) is 7.57 Å². The molecule has 22 heavy (non-hydrogen) atoms. The summed E-state index contributed by atoms with van der Waals surface area (Å²) in [4.78, 5) is 0. The largest absolute Gasteiger partial charge is 0.284 e. The van der Waals surface area contributed by atoms with Gasteiger partial charge in [-0.2, -0.15) is 7.14 Å². The molecule has 4 heteroatoms. The summed E-state index contributed by atoms with van der Waals surface area (Å²) in [5.41, 5.74) is 0. The Morgan fingerprint density at radius 1 is 0.727 bits per heavy atom. The van der Waals surface area contributed by atoms with Crippen LogP contribution in [0, 0.1) is 9.39 Å². The normalized spacial score (nSPS) is 11.4. The number of benzene rings is 3. The third-order valence-electron chi connectivity index (χ3n) is 3.64. The quantitative estimate of drug-likeness (QED) is 0.346. The predicted molar refractivity (Wildman–Crippen MR) is 104 cm³/mol. The molecular formula is C18H13BFIP. The van der Waals surface area contributed by atoms with Gasteiger partial charge in [0.25, 0.3) is 0 Å². The Morgan fingerprint density at radius 3 is 1.68 bits per heavy atom. The maximum absolute atomic E-state index is 14.1. The molecule has 0 saturated heterocycles. The molecule has 0 N–H and O–H groups in total. The first-order valence-corrected chi connectivity index (χ1v) is 9.80. The zero-order valence-electron chi connectivity index (χ0n) is 11.8. The van der Waals surface area contributed by atoms with Gasteiger partial charge in [-0.25, -0.2) is 4.39 Å². The van der Waals surface area contributed by atoms with Gasteiger partial charge in [0, 0.05) is 9.64 Å². The van der Waals surface area contributed by atoms with Crippen LogP contribution in [-0.4, -0.2) is 7.57 Å². The van der Waals surface area contributed by atoms with Gasteiger partial charge in [0.05, 0.1) is 15.9 Å². The smallest absolute Gasteiger partial charge is 0.140 e. The van der Waals surface area contributed by atoms with E-state index < -0.39 is 7.14 Å². The summed E-state index contributed by atoms with van der Waals surface area (Å²) in [5.74, 6) is -0.222. The lowest BCUT2D eigenvalue weighted by Gasteiger charge is -2.36. The first-order chi connectivity index (χ1) is 10.6. The number of hydrogen-bond acceptors (Lipinski definition) is 0. The maximum Gasteiger partial charge on any atom is 0.140 e. The Bertz CT molecular complexity index is 738. The highest BCUT2D eigenvalue weighted by atomic mass is 127. The molecule has 0 amide bonds. The minimum Gasteiger partial charge on any atom is -0.284 e. The lowest BCUT2D eigenvalue weighted by atomic mass is 10.3. The zero-order chi connectivity index (χ0) is 15.6. The Labute approximate surface area is 145 Å². The molecule has 0 atom stereocenters. The van der Waals surface area contributed by atoms with Crippen molar-refractivity contribution in [1.29, 1.82) is 0 Å². The molecule has 3 rings (SSSR count). The minimum atomic E-state index is -2.32. The molecule has 3 aromatic carbocycles. The molecule has 0 bridgehead atoms. The fraction of sp³-hybridized carbons (Fsp3) is 0. The standard InChI is InChI=1S/C18H13BFIP/c19-22(14-7-3-1-4-8-14,15-9-5-2-6-10-15)16-11-12-18(21)17(20)13-16/h1-13H. The van der Waals surface area contributed by atoms with E-state index in [4.69, 9.17) is 7.57 Å². The topological polar surface area (TPSA) is 0 Å². The third kappa shape index (κ3) is 2.84. The molecule has 0 nitrogen and oxygen atoms in total. The number of hydrogen-bond donors (Lipinski definition) is 0. The summed E-state index contributed by atoms with van der Waals surface area (Å²) >= 11 is 2.00. The van der Waals surface area contributed by atoms with Crippen molar-refractivity contribution in [2.45, 2.75) is 0 Å². The third-order valence-corrected chi connectivity index (χ3v) is 7.83. The van der Waals surface area contributed by atoms with Crippen molar-refractivity contribution in [3.63, 3.8) is 0 Å². The van der Waals surface area contributed by atoms with E-state index in [1.807, 2.05) is 89.3 Å². The summed E-state index contributed by atoms with van der Waals surface area (Å²) in [7, 11) is 4.61. The monoisotopic (exact) mass is 417 g/mol. The van der Waals surface area contributed by atoms with Crippen molar-refractivity contribution in [2.75, 3.05) is 0 Å². The summed E-state index contributed by atoms with van der Waals surface area (Å²) in [6.45, 7) is 0. The minimum absolute atomic E-state index is 0.222. The van der Waals surface area contributed by atoms with Crippen LogP contribution in [0.4, 0.5) is 4.39 Å². The second-order valence-corrected chi connectivity index (χ2v) is 9.15. The molecule has 0 fully saturated rings. The summed E-state index contributed by atoms with van der Waals surface area (Å²) < 4.78 is 14.7. The Morgan fingerprint density at radius 2 is 1.23 bits per heavy atom. The van der Waals surface area contributed by atoms with Crippen molar-refractivity contribution in [3.8, 4) is 0 Å². The van der Waals surface area contributed by atoms with Crippen LogP contribution in [0.15, 0.2) is 78.9 Å². The predicted octanol–water partition coefficient (Wildman–Crippen LogP) is 3.81. The highest BCUT2D eigenvalue weighted by Gasteiger charge is 2.27. The van der Waals surface area contributed by atoms with Crippen molar-refractivity contribution in [3.05, 3.63) is 88.3 Å². The number of halogens is 2. The Balaban J connectivity index is 2.26. The molecule has 0 heterocycles. The summed E-state index contributed by atoms with van der Waals surface area (Å²) in [6.07, 6.45) is 0. The summed E-state index contributed by atoms with van der Waals surface area (Å²) in [5, 5.41) is 2.94. The molecule has 3 radical (unpaired) electrons. The van der Waals surface area contributed by atoms with Crippen molar-refractivity contribution in [1.82, 2.24) is 0 Å². The fourth-order valence-electron chi connectivity index (χ4n) is 2.48. The molecule has 0 saturated carbocycles. The highest BCUT2D eigenvalue weighted by Crippen LogP contribution is 2.50. The van der Waals surface area contributed by atoms with Crippen LogP contribution in [0.2, 0.25) is 0 Å². The maximum atomic E-state index is 14.1. The van der Waals surface area contributed by atoms with Gasteiger partial charge in [-0.1, -0.05) is 36.4 Å². The summed E-state index contributed by atoms with van der Waals surface area (Å²) in [6, 6.07) is 25.2. The fourth-order valence-corrected chi connectivity index (χ4v) is 5.62. The molecular weight excluding hydrogens is 404 g/mol. The average Bonchev–Trinajstić information content (AvgIpc) is 2.58. The number of rotatable bonds is 3. The van der Waals surface area contributed by atoms with E-state index in [0.29, 0.717) is 3.57 Å². The van der Waals surface area contributed by atoms with E-state index >= 15 is 0 Å². The van der Waals surface area contributed by atoms with E-state index in [1.54, 1.807) is 12.1 Å². The van der Waals surface area contributed by atoms with E-state index in [-0.39, 0.29) is 5.82 Å². The van der Waals surface area contributed by atoms with Crippen LogP contribution in [0.1, 0.15) is 0 Å². The second kappa shape index (κ2) is 6.51. The van der Waals surface area contributed by atoms with E-state index in [9.17, 15) is 4.39 Å². The lowest BCUT2D eigenvalue weighted by Crippen LogP contribution is -2.31. The van der Waals surface area contributed by atoms with Crippen LogP contribution in [-0.2, 0) is 0 Å². The molecule has 3 aromatic rings. The molecule has 0 aliphatic carbocycles. The molecule has 0 unspecified atom stereocenters. The van der Waals surface area contributed by atoms with Gasteiger partial charge in [0.15, 0.2) is 0 Å². The van der Waals surface area contributed by atoms with Crippen molar-refractivity contribution >= 4 is 53.2 Å². The van der Waals surface area contributed by atoms with E-state index in [0.717, 1.165) is 15.9 Å². The van der Waals surface area contributed by atoms with Gasteiger partial charge in [0.1, 0.15) is 5.82 Å². The van der Waals surface area contributed by atoms with E-state index in [1.165, 1.54) is 0 Å². The van der Waals surface area contributed by atoms with Crippen molar-refractivity contribution in [2.24, 2.45) is 0 Å². The molecule has 107 valence electrons. The second-order valence-electron chi connectivity index (χ2n) is 4.99. The highest BCUT2D eigenvalue weighted by molar-refractivity contribution is 14.1. The molecule has 0 spiro atoms. The van der Waals surface area contributed by atoms with Crippen LogP contribution >= 0.6 is 29.7 Å². The zero-order valence-corrected chi connectivity index (χ0v) is 14.8. The SMILES string of the molecule is [B-][P+](c1ccccc1)(c1ccccc1)c1ccc(I)c(F)c1. The van der Waals surface area contributed by atoms with Crippen LogP contribution in [0.25, 0.3) is 0 Å². The van der Waals surface area contributed by atoms with Gasteiger partial charge >= 0.3 is 0 Å². The van der Waals surface area contributed by atoms with Crippen molar-refractivity contribution < 1.29 is 4.39 Å². The Hall–Kier alpha value is -1.19. The average molecular weight is 417 g/mol. The molecule has 0 aromatic heterocycles. The van der Waals surface area contributed by atoms with Gasteiger partial charge in [-0.15, -0.1) is 0 Å². The first kappa shape index (κ1) is 15.7. The Kier molecular flexibility index (Phi) is 4.65. The molecule has 0 aliphatic rings. The van der Waals surface area contributed by atoms with Gasteiger partial charge < -0.3 is 0 Å². The van der Waals surface area contributed by atoms with E-state index in [2.05, 4.69) is 0 Å². The first-order valence-electron chi connectivity index (χ1n) is 6.87. The van der Waals surface area contributed by atoms with Crippen LogP contribution in [0.3, 0.4) is 0 Å². The van der Waals surface area contributed by atoms with Gasteiger partial charge in [0.2, 0.25) is 0 Å². The van der Waals surface area contributed by atoms with Gasteiger partial charge in [-0.05, 0) is 59.0 Å². The lowest BCUT2D eigenvalue weighted by molar-refractivity contribution is 0.621. The van der Waals surface area contributed by atoms with Crippen LogP contribution in [0.5, 0.6) is 0 Å². The molecule has 0 aliphatic heterocycles. The van der Waals surface area contributed by atoms with Crippen LogP contribution < -0.4 is 15.9 Å².